The Hall–Kier alpha value is 0.358. The van der Waals surface area contributed by atoms with E-state index in [4.69, 9.17) is 0 Å². The first kappa shape index (κ1) is 3.54. The SMILES string of the molecule is C1=N[CH]=[Sb][CH2]1. The van der Waals surface area contributed by atoms with Crippen molar-refractivity contribution in [1.82, 2.24) is 0 Å². The molecule has 0 amide bonds. The fraction of sp³-hybridized carbons (Fsp3) is 0.333. The van der Waals surface area contributed by atoms with Crippen LogP contribution >= 0.6 is 0 Å². The van der Waals surface area contributed by atoms with Gasteiger partial charge >= 0.3 is 40.8 Å². The molecule has 1 nitrogen and oxygen atoms in total. The molecule has 2 heteroatoms. The van der Waals surface area contributed by atoms with Crippen molar-refractivity contribution < 1.29 is 0 Å². The van der Waals surface area contributed by atoms with Gasteiger partial charge in [0.25, 0.3) is 0 Å². The molecule has 0 aromatic heterocycles. The number of hydrogen-bond donors (Lipinski definition) is 0. The summed E-state index contributed by atoms with van der Waals surface area (Å²) in [7, 11) is 0. The quantitative estimate of drug-likeness (QED) is 0.459. The third-order valence-corrected chi connectivity index (χ3v) is 2.36. The van der Waals surface area contributed by atoms with E-state index in [1.54, 1.807) is 0 Å². The van der Waals surface area contributed by atoms with Crippen LogP contribution in [0.5, 0.6) is 0 Å². The first-order valence-corrected chi connectivity index (χ1v) is 4.78. The van der Waals surface area contributed by atoms with Crippen LogP contribution in [0.15, 0.2) is 4.99 Å². The van der Waals surface area contributed by atoms with Crippen molar-refractivity contribution in [1.29, 1.82) is 0 Å². The Balaban J connectivity index is 2.61. The molecular weight excluding hydrogens is 172 g/mol. The molecule has 0 aliphatic carbocycles. The molecule has 1 rings (SSSR count). The van der Waals surface area contributed by atoms with Crippen LogP contribution in [0.3, 0.4) is 0 Å². The zero-order valence-corrected chi connectivity index (χ0v) is 5.31. The Morgan fingerprint density at radius 2 is 2.80 bits per heavy atom. The molecule has 1 heterocycles. The molecule has 0 radical (unpaired) electrons. The Kier molecular flexibility index (Phi) is 1.21. The molecule has 5 heavy (non-hydrogen) atoms. The summed E-state index contributed by atoms with van der Waals surface area (Å²) in [5.74, 6) is 0. The third kappa shape index (κ3) is 0.844. The van der Waals surface area contributed by atoms with Crippen LogP contribution in [0.2, 0.25) is 4.37 Å². The summed E-state index contributed by atoms with van der Waals surface area (Å²) in [6, 6.07) is 0. The molecule has 0 aromatic rings. The average Bonchev–Trinajstić information content (AvgIpc) is 1.76. The van der Waals surface area contributed by atoms with Crippen molar-refractivity contribution in [2.75, 3.05) is 0 Å². The molecule has 26 valence electrons. The second-order valence-corrected chi connectivity index (χ2v) is 3.56. The first-order valence-electron chi connectivity index (χ1n) is 1.50. The van der Waals surface area contributed by atoms with Gasteiger partial charge in [0, 0.05) is 0 Å². The molecule has 0 saturated carbocycles. The zero-order valence-electron chi connectivity index (χ0n) is 2.76. The number of rotatable bonds is 0. The minimum absolute atomic E-state index is 0.119. The van der Waals surface area contributed by atoms with E-state index in [0.29, 0.717) is 0 Å². The predicted molar refractivity (Wildman–Crippen MR) is 25.1 cm³/mol. The number of hydrogen-bond acceptors (Lipinski definition) is 1. The van der Waals surface area contributed by atoms with E-state index in [9.17, 15) is 0 Å². The van der Waals surface area contributed by atoms with Gasteiger partial charge in [0.1, 0.15) is 0 Å². The Bertz CT molecular complexity index is 65.0. The van der Waals surface area contributed by atoms with E-state index in [-0.39, 0.29) is 21.1 Å². The molecule has 1 aliphatic heterocycles. The second kappa shape index (κ2) is 1.71. The summed E-state index contributed by atoms with van der Waals surface area (Å²) in [6.45, 7) is 0. The number of nitrogens with zero attached hydrogens (tertiary/aromatic N) is 1. The molecular formula is C3H4NSb. The molecule has 0 N–H and O–H groups in total. The zero-order chi connectivity index (χ0) is 3.54. The van der Waals surface area contributed by atoms with Crippen LogP contribution in [-0.2, 0) is 0 Å². The maximum absolute atomic E-state index is 3.90. The summed E-state index contributed by atoms with van der Waals surface area (Å²) >= 11 is 0.119. The van der Waals surface area contributed by atoms with Gasteiger partial charge in [-0.15, -0.1) is 0 Å². The van der Waals surface area contributed by atoms with Gasteiger partial charge in [0.05, 0.1) is 0 Å². The van der Waals surface area contributed by atoms with Gasteiger partial charge in [-0.25, -0.2) is 0 Å². The second-order valence-electron chi connectivity index (χ2n) is 0.812. The van der Waals surface area contributed by atoms with E-state index in [1.807, 2.05) is 6.21 Å². The Morgan fingerprint density at radius 3 is 3.00 bits per heavy atom. The molecule has 0 aromatic carbocycles. The standard InChI is InChI=1S/C3H4N.Sb/c1-3-4-2;/h2-3H,1H2;. The predicted octanol–water partition coefficient (Wildman–Crippen LogP) is -0.0470. The fourth-order valence-corrected chi connectivity index (χ4v) is 1.58. The summed E-state index contributed by atoms with van der Waals surface area (Å²) < 4.78 is 3.38. The van der Waals surface area contributed by atoms with Crippen LogP contribution in [-0.4, -0.2) is 31.4 Å². The third-order valence-electron chi connectivity index (χ3n) is 0.441. The van der Waals surface area contributed by atoms with Gasteiger partial charge in [-0.05, 0) is 0 Å². The van der Waals surface area contributed by atoms with E-state index in [2.05, 4.69) is 9.07 Å². The van der Waals surface area contributed by atoms with Crippen LogP contribution in [0.4, 0.5) is 0 Å². The number of aliphatic imine (C=N–C) groups is 1. The Morgan fingerprint density at radius 1 is 1.80 bits per heavy atom. The van der Waals surface area contributed by atoms with Gasteiger partial charge in [-0.1, -0.05) is 0 Å². The minimum atomic E-state index is 0.119. The summed E-state index contributed by atoms with van der Waals surface area (Å²) in [5.41, 5.74) is 0. The van der Waals surface area contributed by atoms with Gasteiger partial charge in [-0.3, -0.25) is 0 Å². The van der Waals surface area contributed by atoms with Crippen LogP contribution in [0.1, 0.15) is 0 Å². The summed E-state index contributed by atoms with van der Waals surface area (Å²) in [4.78, 5) is 3.90. The molecule has 0 atom stereocenters. The molecule has 0 saturated heterocycles. The van der Waals surface area contributed by atoms with Gasteiger partial charge in [0.15, 0.2) is 0 Å². The van der Waals surface area contributed by atoms with Crippen molar-refractivity contribution in [2.24, 2.45) is 4.99 Å². The Labute approximate surface area is 41.1 Å². The average molecular weight is 176 g/mol. The van der Waals surface area contributed by atoms with E-state index in [0.717, 1.165) is 0 Å². The van der Waals surface area contributed by atoms with Crippen molar-refractivity contribution >= 4 is 31.4 Å². The summed E-state index contributed by atoms with van der Waals surface area (Å²) in [5, 5.41) is 0. The summed E-state index contributed by atoms with van der Waals surface area (Å²) in [6.07, 6.45) is 2.00. The van der Waals surface area contributed by atoms with Crippen LogP contribution in [0, 0.1) is 0 Å². The van der Waals surface area contributed by atoms with Gasteiger partial charge < -0.3 is 0 Å². The molecule has 0 bridgehead atoms. The van der Waals surface area contributed by atoms with Gasteiger partial charge in [0.2, 0.25) is 0 Å². The van der Waals surface area contributed by atoms with Crippen molar-refractivity contribution in [3.8, 4) is 0 Å². The molecule has 1 aliphatic rings. The molecule has 0 spiro atoms. The van der Waals surface area contributed by atoms with Crippen molar-refractivity contribution in [2.45, 2.75) is 4.37 Å². The van der Waals surface area contributed by atoms with E-state index < -0.39 is 0 Å². The van der Waals surface area contributed by atoms with Crippen LogP contribution < -0.4 is 0 Å². The van der Waals surface area contributed by atoms with E-state index >= 15 is 0 Å². The van der Waals surface area contributed by atoms with Crippen molar-refractivity contribution in [3.63, 3.8) is 0 Å². The van der Waals surface area contributed by atoms with Gasteiger partial charge in [-0.2, -0.15) is 0 Å². The van der Waals surface area contributed by atoms with Crippen molar-refractivity contribution in [3.05, 3.63) is 0 Å². The molecule has 0 unspecified atom stereocenters. The first-order chi connectivity index (χ1) is 2.50. The van der Waals surface area contributed by atoms with E-state index in [1.165, 1.54) is 4.37 Å². The maximum atomic E-state index is 3.90. The normalized spacial score (nSPS) is 17.6. The molecule has 0 fully saturated rings. The fourth-order valence-electron chi connectivity index (χ4n) is 0.236. The monoisotopic (exact) mass is 175 g/mol. The topological polar surface area (TPSA) is 12.4 Å². The van der Waals surface area contributed by atoms with Crippen LogP contribution in [0.25, 0.3) is 0 Å².